The summed E-state index contributed by atoms with van der Waals surface area (Å²) in [4.78, 5) is 12.2. The van der Waals surface area contributed by atoms with Crippen molar-refractivity contribution in [2.24, 2.45) is 0 Å². The first-order valence-corrected chi connectivity index (χ1v) is 9.88. The third-order valence-electron chi connectivity index (χ3n) is 3.37. The Kier molecular flexibility index (Phi) is 4.84. The van der Waals surface area contributed by atoms with Crippen molar-refractivity contribution >= 4 is 23.9 Å². The van der Waals surface area contributed by atoms with Crippen LogP contribution in [0.4, 0.5) is 0 Å². The van der Waals surface area contributed by atoms with Crippen LogP contribution >= 0.6 is 7.14 Å². The van der Waals surface area contributed by atoms with E-state index >= 15 is 0 Å². The second kappa shape index (κ2) is 6.44. The highest BCUT2D eigenvalue weighted by Crippen LogP contribution is 2.42. The van der Waals surface area contributed by atoms with Crippen molar-refractivity contribution in [2.45, 2.75) is 12.8 Å². The topological polar surface area (TPSA) is 43.4 Å². The monoisotopic (exact) mass is 304 g/mol. The number of fused-ring (bicyclic) bond motifs is 1. The van der Waals surface area contributed by atoms with Crippen molar-refractivity contribution < 1.29 is 14.1 Å². The van der Waals surface area contributed by atoms with Crippen LogP contribution < -0.4 is 0 Å². The van der Waals surface area contributed by atoms with Gasteiger partial charge < -0.3 is 9.30 Å². The summed E-state index contributed by atoms with van der Waals surface area (Å²) in [7, 11) is -2.33. The predicted octanol–water partition coefficient (Wildman–Crippen LogP) is 4.11. The van der Waals surface area contributed by atoms with Crippen molar-refractivity contribution in [1.82, 2.24) is 0 Å². The Hall–Kier alpha value is -1.60. The number of esters is 1. The summed E-state index contributed by atoms with van der Waals surface area (Å²) >= 11 is 0. The van der Waals surface area contributed by atoms with Crippen LogP contribution in [0.25, 0.3) is 10.8 Å². The number of rotatable bonds is 5. The van der Waals surface area contributed by atoms with Crippen molar-refractivity contribution in [3.05, 3.63) is 48.0 Å². The normalized spacial score (nSPS) is 13.1. The first-order valence-electron chi connectivity index (χ1n) is 7.10. The molecule has 0 saturated heterocycles. The summed E-state index contributed by atoms with van der Waals surface area (Å²) in [5, 5.41) is 2.20. The first-order chi connectivity index (χ1) is 9.90. The minimum absolute atomic E-state index is 0.295. The number of benzene rings is 2. The molecule has 3 nitrogen and oxygen atoms in total. The molecule has 0 aliphatic carbocycles. The molecule has 2 aromatic carbocycles. The third kappa shape index (κ3) is 4.18. The van der Waals surface area contributed by atoms with E-state index in [0.29, 0.717) is 12.8 Å². The van der Waals surface area contributed by atoms with Gasteiger partial charge in [0.1, 0.15) is 0 Å². The van der Waals surface area contributed by atoms with Gasteiger partial charge in [-0.1, -0.05) is 42.5 Å². The highest BCUT2D eigenvalue weighted by Gasteiger charge is 2.27. The lowest BCUT2D eigenvalue weighted by Crippen LogP contribution is -2.19. The molecule has 0 aromatic heterocycles. The smallest absolute Gasteiger partial charge is 0.313 e. The molecule has 112 valence electrons. The molecule has 0 N–H and O–H groups in total. The Morgan fingerprint density at radius 3 is 2.43 bits per heavy atom. The van der Waals surface area contributed by atoms with E-state index in [4.69, 9.17) is 4.74 Å². The molecule has 0 unspecified atom stereocenters. The fraction of sp³-hybridized carbons (Fsp3) is 0.353. The van der Waals surface area contributed by atoms with Crippen molar-refractivity contribution in [1.29, 1.82) is 0 Å². The quantitative estimate of drug-likeness (QED) is 0.617. The van der Waals surface area contributed by atoms with Crippen molar-refractivity contribution in [3.63, 3.8) is 0 Å². The molecule has 21 heavy (non-hydrogen) atoms. The average Bonchev–Trinajstić information content (AvgIpc) is 2.43. The van der Waals surface area contributed by atoms with Gasteiger partial charge in [-0.2, -0.15) is 0 Å². The molecule has 1 atom stereocenters. The van der Waals surface area contributed by atoms with E-state index in [2.05, 4.69) is 0 Å². The molecule has 0 radical (unpaired) electrons. The fourth-order valence-corrected chi connectivity index (χ4v) is 3.66. The number of hydrogen-bond donors (Lipinski definition) is 0. The van der Waals surface area contributed by atoms with Crippen LogP contribution in [0, 0.1) is 0 Å². The van der Waals surface area contributed by atoms with Crippen LogP contribution in [0.15, 0.2) is 42.5 Å². The molecule has 0 aliphatic heterocycles. The van der Waals surface area contributed by atoms with Gasteiger partial charge in [0, 0.05) is 6.16 Å². The van der Waals surface area contributed by atoms with E-state index in [1.165, 1.54) is 0 Å². The first kappa shape index (κ1) is 15.8. The maximum Gasteiger partial charge on any atom is 0.313 e. The van der Waals surface area contributed by atoms with Gasteiger partial charge in [0.05, 0.1) is 19.7 Å². The van der Waals surface area contributed by atoms with E-state index in [-0.39, 0.29) is 5.97 Å². The second-order valence-corrected chi connectivity index (χ2v) is 9.18. The largest absolute Gasteiger partial charge is 0.466 e. The Morgan fingerprint density at radius 2 is 1.81 bits per heavy atom. The third-order valence-corrected chi connectivity index (χ3v) is 4.61. The SMILES string of the molecule is CCOC(=O)[C@H](CP(C)(C)=O)c1ccc2ccccc2c1. The molecule has 0 saturated carbocycles. The second-order valence-electron chi connectivity index (χ2n) is 5.67. The Labute approximate surface area is 125 Å². The molecule has 0 aliphatic rings. The fourth-order valence-electron chi connectivity index (χ4n) is 2.42. The van der Waals surface area contributed by atoms with Crippen LogP contribution in [0.5, 0.6) is 0 Å². The molecule has 0 bridgehead atoms. The molecular weight excluding hydrogens is 283 g/mol. The van der Waals surface area contributed by atoms with Gasteiger partial charge in [0.15, 0.2) is 0 Å². The molecule has 0 fully saturated rings. The van der Waals surface area contributed by atoms with Crippen molar-refractivity contribution in [3.8, 4) is 0 Å². The van der Waals surface area contributed by atoms with Gasteiger partial charge in [-0.25, -0.2) is 0 Å². The Balaban J connectivity index is 2.42. The molecule has 2 rings (SSSR count). The number of carbonyl (C=O) groups is 1. The van der Waals surface area contributed by atoms with Gasteiger partial charge in [-0.05, 0) is 36.6 Å². The molecular formula is C17H21O3P. The number of hydrogen-bond acceptors (Lipinski definition) is 3. The number of carbonyl (C=O) groups excluding carboxylic acids is 1. The summed E-state index contributed by atoms with van der Waals surface area (Å²) < 4.78 is 17.3. The molecule has 4 heteroatoms. The minimum atomic E-state index is -2.33. The van der Waals surface area contributed by atoms with E-state index in [0.717, 1.165) is 16.3 Å². The molecule has 0 heterocycles. The summed E-state index contributed by atoms with van der Waals surface area (Å²) in [5.74, 6) is -0.757. The van der Waals surface area contributed by atoms with Crippen LogP contribution in [0.3, 0.4) is 0 Å². The van der Waals surface area contributed by atoms with Gasteiger partial charge in [-0.15, -0.1) is 0 Å². The zero-order chi connectivity index (χ0) is 15.5. The molecule has 2 aromatic rings. The lowest BCUT2D eigenvalue weighted by Gasteiger charge is -2.18. The molecule has 0 spiro atoms. The summed E-state index contributed by atoms with van der Waals surface area (Å²) in [6.07, 6.45) is 0.337. The van der Waals surface area contributed by atoms with Crippen LogP contribution in [-0.4, -0.2) is 32.1 Å². The van der Waals surface area contributed by atoms with Gasteiger partial charge in [0.2, 0.25) is 0 Å². The van der Waals surface area contributed by atoms with Crippen LogP contribution in [0.1, 0.15) is 18.4 Å². The minimum Gasteiger partial charge on any atom is -0.466 e. The highest BCUT2D eigenvalue weighted by atomic mass is 31.2. The van der Waals surface area contributed by atoms with E-state index in [1.807, 2.05) is 42.5 Å². The summed E-state index contributed by atoms with van der Waals surface area (Å²) in [5.41, 5.74) is 0.871. The summed E-state index contributed by atoms with van der Waals surface area (Å²) in [6.45, 7) is 5.54. The zero-order valence-electron chi connectivity index (χ0n) is 12.7. The average molecular weight is 304 g/mol. The zero-order valence-corrected chi connectivity index (χ0v) is 13.6. The molecule has 0 amide bonds. The van der Waals surface area contributed by atoms with E-state index in [9.17, 15) is 9.36 Å². The van der Waals surface area contributed by atoms with Gasteiger partial charge in [-0.3, -0.25) is 4.79 Å². The maximum atomic E-state index is 12.2. The number of ether oxygens (including phenoxy) is 1. The standard InChI is InChI=1S/C17H21O3P/c1-4-20-17(18)16(12-21(2,3)19)15-10-9-13-7-5-6-8-14(13)11-15/h5-11,16H,4,12H2,1-3H3/t16-/m1/s1. The van der Waals surface area contributed by atoms with Crippen LogP contribution in [0.2, 0.25) is 0 Å². The van der Waals surface area contributed by atoms with E-state index < -0.39 is 13.1 Å². The lowest BCUT2D eigenvalue weighted by molar-refractivity contribution is -0.144. The Morgan fingerprint density at radius 1 is 1.14 bits per heavy atom. The highest BCUT2D eigenvalue weighted by molar-refractivity contribution is 7.62. The van der Waals surface area contributed by atoms with E-state index in [1.54, 1.807) is 20.3 Å². The maximum absolute atomic E-state index is 12.2. The van der Waals surface area contributed by atoms with Gasteiger partial charge >= 0.3 is 5.97 Å². The Bertz CT molecular complexity index is 687. The predicted molar refractivity (Wildman–Crippen MR) is 87.6 cm³/mol. The van der Waals surface area contributed by atoms with Crippen molar-refractivity contribution in [2.75, 3.05) is 26.1 Å². The van der Waals surface area contributed by atoms with Gasteiger partial charge in [0.25, 0.3) is 0 Å². The lowest BCUT2D eigenvalue weighted by atomic mass is 9.98. The van der Waals surface area contributed by atoms with Crippen LogP contribution in [-0.2, 0) is 14.1 Å². The summed E-state index contributed by atoms with van der Waals surface area (Å²) in [6, 6.07) is 13.9.